The van der Waals surface area contributed by atoms with Crippen LogP contribution >= 0.6 is 0 Å². The number of methoxy groups -OCH3 is 1. The van der Waals surface area contributed by atoms with Gasteiger partial charge in [0.25, 0.3) is 0 Å². The summed E-state index contributed by atoms with van der Waals surface area (Å²) in [6.45, 7) is 25.1. The summed E-state index contributed by atoms with van der Waals surface area (Å²) < 4.78 is 23.7. The van der Waals surface area contributed by atoms with Crippen molar-refractivity contribution in [3.8, 4) is 0 Å². The smallest absolute Gasteiger partial charge is 0.192 e. The molecule has 5 nitrogen and oxygen atoms in total. The third-order valence-corrected chi connectivity index (χ3v) is 14.5. The number of ether oxygens (including phenoxy) is 3. The summed E-state index contributed by atoms with van der Waals surface area (Å²) in [5, 5.41) is 0.213. The van der Waals surface area contributed by atoms with Crippen LogP contribution < -0.4 is 0 Å². The highest BCUT2D eigenvalue weighted by Gasteiger charge is 2.58. The monoisotopic (exact) mass is 524 g/mol. The van der Waals surface area contributed by atoms with Gasteiger partial charge in [0.15, 0.2) is 14.1 Å². The van der Waals surface area contributed by atoms with Gasteiger partial charge >= 0.3 is 0 Å². The molecule has 0 aromatic heterocycles. The second-order valence-corrected chi connectivity index (χ2v) is 18.4. The van der Waals surface area contributed by atoms with Gasteiger partial charge in [-0.3, -0.25) is 4.79 Å². The SMILES string of the molecule is C=CC(=O)CCC[C@H]1[C@@H](COCOCCOC)CC[C@H]2C(C)(C)[C@@H](O[Si](C)(C)C(C)(C)C)CC[C@]12C. The highest BCUT2D eigenvalue weighted by Crippen LogP contribution is 2.63. The molecule has 36 heavy (non-hydrogen) atoms. The normalized spacial score (nSPS) is 30.6. The fourth-order valence-electron chi connectivity index (χ4n) is 6.89. The standard InChI is InChI=1S/C30H56O5Si/c1-11-24(31)13-12-14-25-23(21-34-22-33-20-19-32-8)15-16-26-29(5,6)27(17-18-30(25,26)7)35-36(9,10)28(2,3)4/h11,23,25-27H,1,12-22H2,2-10H3/t23-,25+,26+,27+,30-/m1/s1. The lowest BCUT2D eigenvalue weighted by Gasteiger charge is -2.62. The van der Waals surface area contributed by atoms with Crippen molar-refractivity contribution in [1.82, 2.24) is 0 Å². The Labute approximate surface area is 223 Å². The number of ketones is 1. The van der Waals surface area contributed by atoms with Crippen molar-refractivity contribution in [3.63, 3.8) is 0 Å². The first kappa shape index (κ1) is 31.7. The number of rotatable bonds is 14. The molecule has 2 saturated carbocycles. The predicted molar refractivity (Wildman–Crippen MR) is 151 cm³/mol. The molecule has 210 valence electrons. The van der Waals surface area contributed by atoms with Gasteiger partial charge in [0.1, 0.15) is 6.79 Å². The molecule has 0 aromatic carbocycles. The third kappa shape index (κ3) is 7.53. The quantitative estimate of drug-likeness (QED) is 0.102. The average Bonchev–Trinajstić information content (AvgIpc) is 2.78. The lowest BCUT2D eigenvalue weighted by molar-refractivity contribution is -0.162. The van der Waals surface area contributed by atoms with Crippen LogP contribution in [0.5, 0.6) is 0 Å². The van der Waals surface area contributed by atoms with Crippen LogP contribution in [-0.2, 0) is 23.4 Å². The predicted octanol–water partition coefficient (Wildman–Crippen LogP) is 7.41. The maximum atomic E-state index is 12.0. The number of carbonyl (C=O) groups excluding carboxylic acids is 1. The molecule has 0 heterocycles. The Balaban J connectivity index is 2.19. The fraction of sp³-hybridized carbons (Fsp3) is 0.900. The second kappa shape index (κ2) is 13.0. The van der Waals surface area contributed by atoms with E-state index in [1.54, 1.807) is 7.11 Å². The maximum absolute atomic E-state index is 12.0. The van der Waals surface area contributed by atoms with E-state index in [0.717, 1.165) is 32.3 Å². The molecule has 0 unspecified atom stereocenters. The molecule has 2 fully saturated rings. The van der Waals surface area contributed by atoms with E-state index < -0.39 is 8.32 Å². The molecule has 2 aliphatic rings. The molecule has 0 bridgehead atoms. The molecule has 6 heteroatoms. The summed E-state index contributed by atoms with van der Waals surface area (Å²) in [6.07, 6.45) is 9.02. The van der Waals surface area contributed by atoms with E-state index in [1.807, 2.05) is 0 Å². The van der Waals surface area contributed by atoms with Crippen molar-refractivity contribution in [2.24, 2.45) is 28.6 Å². The number of hydrogen-bond acceptors (Lipinski definition) is 5. The lowest BCUT2D eigenvalue weighted by atomic mass is 9.45. The van der Waals surface area contributed by atoms with E-state index in [4.69, 9.17) is 18.6 Å². The minimum atomic E-state index is -1.85. The van der Waals surface area contributed by atoms with Crippen LogP contribution in [-0.4, -0.2) is 53.9 Å². The van der Waals surface area contributed by atoms with E-state index in [9.17, 15) is 4.79 Å². The Morgan fingerprint density at radius 3 is 2.39 bits per heavy atom. The molecule has 0 spiro atoms. The van der Waals surface area contributed by atoms with Crippen LogP contribution in [0.2, 0.25) is 18.1 Å². The van der Waals surface area contributed by atoms with Gasteiger partial charge in [-0.25, -0.2) is 0 Å². The Kier molecular flexibility index (Phi) is 11.5. The Bertz CT molecular complexity index is 713. The van der Waals surface area contributed by atoms with Crippen molar-refractivity contribution in [2.45, 2.75) is 111 Å². The van der Waals surface area contributed by atoms with E-state index in [1.165, 1.54) is 18.9 Å². The first-order chi connectivity index (χ1) is 16.7. The van der Waals surface area contributed by atoms with Crippen molar-refractivity contribution >= 4 is 14.1 Å². The second-order valence-electron chi connectivity index (χ2n) is 13.7. The molecule has 0 amide bonds. The molecular formula is C30H56O5Si. The molecule has 0 saturated heterocycles. The molecule has 0 aliphatic heterocycles. The molecule has 2 rings (SSSR count). The van der Waals surface area contributed by atoms with Gasteiger partial charge in [0.05, 0.1) is 25.9 Å². The maximum Gasteiger partial charge on any atom is 0.192 e. The van der Waals surface area contributed by atoms with Crippen LogP contribution in [0.4, 0.5) is 0 Å². The van der Waals surface area contributed by atoms with E-state index in [2.05, 4.69) is 61.2 Å². The van der Waals surface area contributed by atoms with Gasteiger partial charge in [-0.15, -0.1) is 0 Å². The Hall–Kier alpha value is -0.533. The van der Waals surface area contributed by atoms with E-state index in [-0.39, 0.29) is 21.7 Å². The highest BCUT2D eigenvalue weighted by atomic mass is 28.4. The highest BCUT2D eigenvalue weighted by molar-refractivity contribution is 6.74. The lowest BCUT2D eigenvalue weighted by Crippen LogP contribution is -2.59. The molecule has 5 atom stereocenters. The summed E-state index contributed by atoms with van der Waals surface area (Å²) in [4.78, 5) is 12.0. The average molecular weight is 525 g/mol. The van der Waals surface area contributed by atoms with Crippen molar-refractivity contribution in [3.05, 3.63) is 12.7 Å². The van der Waals surface area contributed by atoms with Crippen LogP contribution in [0.15, 0.2) is 12.7 Å². The van der Waals surface area contributed by atoms with Gasteiger partial charge in [-0.1, -0.05) is 48.1 Å². The number of allylic oxidation sites excluding steroid dienone is 1. The van der Waals surface area contributed by atoms with Crippen LogP contribution in [0, 0.1) is 28.6 Å². The van der Waals surface area contributed by atoms with Gasteiger partial charge in [-0.05, 0) is 91.3 Å². The number of fused-ring (bicyclic) bond motifs is 1. The van der Waals surface area contributed by atoms with Gasteiger partial charge in [-0.2, -0.15) is 0 Å². The first-order valence-corrected chi connectivity index (χ1v) is 17.1. The Morgan fingerprint density at radius 2 is 1.78 bits per heavy atom. The molecule has 0 radical (unpaired) electrons. The van der Waals surface area contributed by atoms with E-state index >= 15 is 0 Å². The zero-order valence-electron chi connectivity index (χ0n) is 24.9. The molecule has 2 aliphatic carbocycles. The number of hydrogen-bond donors (Lipinski definition) is 0. The van der Waals surface area contributed by atoms with Crippen molar-refractivity contribution < 1.29 is 23.4 Å². The van der Waals surface area contributed by atoms with Crippen molar-refractivity contribution in [2.75, 3.05) is 33.7 Å². The topological polar surface area (TPSA) is 54.0 Å². The number of carbonyl (C=O) groups is 1. The van der Waals surface area contributed by atoms with Crippen LogP contribution in [0.1, 0.15) is 86.5 Å². The molecule has 0 N–H and O–H groups in total. The first-order valence-electron chi connectivity index (χ1n) is 14.2. The minimum absolute atomic E-state index is 0.118. The summed E-state index contributed by atoms with van der Waals surface area (Å²) in [5.74, 6) is 1.77. The van der Waals surface area contributed by atoms with Crippen molar-refractivity contribution in [1.29, 1.82) is 0 Å². The summed E-state index contributed by atoms with van der Waals surface area (Å²) in [6, 6.07) is 0. The van der Waals surface area contributed by atoms with Crippen LogP contribution in [0.3, 0.4) is 0 Å². The van der Waals surface area contributed by atoms with Gasteiger partial charge in [0.2, 0.25) is 0 Å². The van der Waals surface area contributed by atoms with Gasteiger partial charge in [0, 0.05) is 13.5 Å². The molecule has 0 aromatic rings. The summed E-state index contributed by atoms with van der Waals surface area (Å²) >= 11 is 0. The van der Waals surface area contributed by atoms with E-state index in [0.29, 0.717) is 50.3 Å². The van der Waals surface area contributed by atoms with Crippen LogP contribution in [0.25, 0.3) is 0 Å². The summed E-state index contributed by atoms with van der Waals surface area (Å²) in [7, 11) is -0.173. The molecular weight excluding hydrogens is 468 g/mol. The summed E-state index contributed by atoms with van der Waals surface area (Å²) in [5.41, 5.74) is 0.337. The fourth-order valence-corrected chi connectivity index (χ4v) is 8.38. The third-order valence-electron chi connectivity index (χ3n) is 10.1. The van der Waals surface area contributed by atoms with Gasteiger partial charge < -0.3 is 18.6 Å². The zero-order valence-corrected chi connectivity index (χ0v) is 25.9. The zero-order chi connectivity index (χ0) is 27.2. The Morgan fingerprint density at radius 1 is 1.08 bits per heavy atom. The minimum Gasteiger partial charge on any atom is -0.413 e. The largest absolute Gasteiger partial charge is 0.413 e.